The molecule has 0 aromatic rings. The molecule has 0 unspecified atom stereocenters. The minimum Gasteiger partial charge on any atom is -0.480 e. The number of amides is 1. The minimum atomic E-state index is -0.993. The van der Waals surface area contributed by atoms with Gasteiger partial charge in [-0.15, -0.1) is 0 Å². The van der Waals surface area contributed by atoms with Crippen LogP contribution < -0.4 is 10.6 Å². The van der Waals surface area contributed by atoms with Gasteiger partial charge in [0.15, 0.2) is 0 Å². The van der Waals surface area contributed by atoms with E-state index in [9.17, 15) is 9.59 Å². The minimum absolute atomic E-state index is 0.139. The van der Waals surface area contributed by atoms with Crippen molar-refractivity contribution >= 4 is 11.9 Å². The van der Waals surface area contributed by atoms with Gasteiger partial charge < -0.3 is 26.0 Å². The number of allylic oxidation sites excluding steroid dienone is 2. The second kappa shape index (κ2) is 28.6. The Hall–Kier alpha value is -1.44. The molecule has 0 aliphatic rings. The number of carboxylic acid groups (broad SMARTS) is 1. The second-order valence-corrected chi connectivity index (χ2v) is 7.70. The molecule has 0 aromatic carbocycles. The van der Waals surface area contributed by atoms with Gasteiger partial charge in [-0.25, -0.2) is 0 Å². The molecule has 0 fully saturated rings. The van der Waals surface area contributed by atoms with Crippen LogP contribution in [-0.2, 0) is 9.59 Å². The van der Waals surface area contributed by atoms with Crippen LogP contribution in [0.4, 0.5) is 0 Å². The van der Waals surface area contributed by atoms with Crippen LogP contribution in [0.1, 0.15) is 96.8 Å². The lowest BCUT2D eigenvalue weighted by Crippen LogP contribution is -2.28. The van der Waals surface area contributed by atoms with Crippen molar-refractivity contribution in [3.8, 4) is 0 Å². The second-order valence-electron chi connectivity index (χ2n) is 7.70. The van der Waals surface area contributed by atoms with E-state index in [0.717, 1.165) is 25.7 Å². The summed E-state index contributed by atoms with van der Waals surface area (Å²) in [6.45, 7) is 3.40. The molecule has 0 radical (unpaired) electrons. The van der Waals surface area contributed by atoms with Gasteiger partial charge in [0, 0.05) is 19.5 Å². The first-order valence-corrected chi connectivity index (χ1v) is 12.1. The summed E-state index contributed by atoms with van der Waals surface area (Å²) < 4.78 is 0. The Kier molecular flexibility index (Phi) is 29.2. The van der Waals surface area contributed by atoms with Crippen LogP contribution in [0.2, 0.25) is 0 Å². The summed E-state index contributed by atoms with van der Waals surface area (Å²) in [5.41, 5.74) is 0. The van der Waals surface area contributed by atoms with Crippen LogP contribution in [0, 0.1) is 0 Å². The Morgan fingerprint density at radius 3 is 1.71 bits per heavy atom. The zero-order chi connectivity index (χ0) is 23.4. The van der Waals surface area contributed by atoms with Gasteiger partial charge in [-0.1, -0.05) is 70.4 Å². The predicted octanol–water partition coefficient (Wildman–Crippen LogP) is 3.79. The van der Waals surface area contributed by atoms with E-state index in [4.69, 9.17) is 15.3 Å². The summed E-state index contributed by atoms with van der Waals surface area (Å²) in [5.74, 6) is -1.15. The van der Waals surface area contributed by atoms with Crippen LogP contribution in [0.25, 0.3) is 0 Å². The first-order valence-electron chi connectivity index (χ1n) is 12.1. The van der Waals surface area contributed by atoms with E-state index in [1.807, 2.05) is 0 Å². The van der Waals surface area contributed by atoms with Gasteiger partial charge in [-0.2, -0.15) is 0 Å². The summed E-state index contributed by atoms with van der Waals surface area (Å²) in [6.07, 6.45) is 21.1. The van der Waals surface area contributed by atoms with Gasteiger partial charge in [0.05, 0.1) is 13.2 Å². The van der Waals surface area contributed by atoms with Crippen molar-refractivity contribution in [3.05, 3.63) is 12.2 Å². The molecule has 1 amide bonds. The average molecular weight is 445 g/mol. The molecular formula is C24H48N2O5. The smallest absolute Gasteiger partial charge is 0.322 e. The number of aliphatic hydroxyl groups is 2. The molecule has 0 heterocycles. The highest BCUT2D eigenvalue weighted by atomic mass is 16.4. The van der Waals surface area contributed by atoms with E-state index in [1.54, 1.807) is 0 Å². The van der Waals surface area contributed by atoms with E-state index in [0.29, 0.717) is 19.5 Å². The number of nitrogens with one attached hydrogen (secondary N) is 2. The highest BCUT2D eigenvalue weighted by Gasteiger charge is 2.02. The van der Waals surface area contributed by atoms with Crippen molar-refractivity contribution in [2.75, 3.05) is 32.8 Å². The Morgan fingerprint density at radius 1 is 0.742 bits per heavy atom. The highest BCUT2D eigenvalue weighted by molar-refractivity contribution is 5.80. The maximum absolute atomic E-state index is 11.3. The lowest BCUT2D eigenvalue weighted by atomic mass is 10.1. The van der Waals surface area contributed by atoms with Gasteiger partial charge >= 0.3 is 5.97 Å². The summed E-state index contributed by atoms with van der Waals surface area (Å²) in [5, 5.41) is 29.9. The van der Waals surface area contributed by atoms with Gasteiger partial charge in [-0.3, -0.25) is 9.59 Å². The van der Waals surface area contributed by atoms with Crippen molar-refractivity contribution in [3.63, 3.8) is 0 Å². The topological polar surface area (TPSA) is 119 Å². The molecule has 7 heteroatoms. The van der Waals surface area contributed by atoms with E-state index in [1.165, 1.54) is 57.8 Å². The molecular weight excluding hydrogens is 396 g/mol. The van der Waals surface area contributed by atoms with Crippen LogP contribution >= 0.6 is 0 Å². The maximum Gasteiger partial charge on any atom is 0.322 e. The first-order chi connectivity index (χ1) is 15.1. The molecule has 0 aliphatic carbocycles. The van der Waals surface area contributed by atoms with Gasteiger partial charge in [0.1, 0.15) is 6.54 Å². The molecule has 0 rings (SSSR count). The van der Waals surface area contributed by atoms with E-state index >= 15 is 0 Å². The lowest BCUT2D eigenvalue weighted by molar-refractivity contribution is -0.137. The van der Waals surface area contributed by atoms with E-state index in [2.05, 4.69) is 29.7 Å². The SMILES string of the molecule is CCCCCCCC/C=C\CCCCCCCC(=O)NCC(=O)O.OCCNCCO. The number of aliphatic carboxylic acids is 1. The Balaban J connectivity index is 0. The zero-order valence-electron chi connectivity index (χ0n) is 19.7. The molecule has 0 saturated carbocycles. The number of carboxylic acids is 1. The molecule has 0 aliphatic heterocycles. The summed E-state index contributed by atoms with van der Waals surface area (Å²) in [6, 6.07) is 0. The van der Waals surface area contributed by atoms with Crippen molar-refractivity contribution in [1.82, 2.24) is 10.6 Å². The molecule has 0 bridgehead atoms. The zero-order valence-corrected chi connectivity index (χ0v) is 19.7. The molecule has 31 heavy (non-hydrogen) atoms. The normalized spacial score (nSPS) is 10.7. The number of carbonyl (C=O) groups excluding carboxylic acids is 1. The lowest BCUT2D eigenvalue weighted by Gasteiger charge is -2.02. The monoisotopic (exact) mass is 444 g/mol. The molecule has 0 aromatic heterocycles. The van der Waals surface area contributed by atoms with Crippen molar-refractivity contribution in [2.45, 2.75) is 96.8 Å². The van der Waals surface area contributed by atoms with Crippen LogP contribution in [0.5, 0.6) is 0 Å². The van der Waals surface area contributed by atoms with Gasteiger partial charge in [0.25, 0.3) is 0 Å². The predicted molar refractivity (Wildman–Crippen MR) is 127 cm³/mol. The average Bonchev–Trinajstić information content (AvgIpc) is 2.76. The van der Waals surface area contributed by atoms with Crippen LogP contribution in [0.3, 0.4) is 0 Å². The van der Waals surface area contributed by atoms with Crippen molar-refractivity contribution in [1.29, 1.82) is 0 Å². The molecule has 0 spiro atoms. The standard InChI is InChI=1S/C20H37NO3.C4H11NO2/c1-2-3-4-5-6-7-8-9-10-11-12-13-14-15-16-17-19(22)21-18-20(23)24;6-3-1-5-2-4-7/h9-10H,2-8,11-18H2,1H3,(H,21,22)(H,23,24);5-7H,1-4H2/b10-9-;. The molecule has 5 N–H and O–H groups in total. The summed E-state index contributed by atoms with van der Waals surface area (Å²) >= 11 is 0. The number of carbonyl (C=O) groups is 2. The Bertz CT molecular complexity index is 413. The fourth-order valence-corrected chi connectivity index (χ4v) is 2.90. The highest BCUT2D eigenvalue weighted by Crippen LogP contribution is 2.09. The van der Waals surface area contributed by atoms with Crippen LogP contribution in [-0.4, -0.2) is 60.0 Å². The first kappa shape index (κ1) is 31.7. The number of rotatable bonds is 21. The van der Waals surface area contributed by atoms with E-state index in [-0.39, 0.29) is 25.7 Å². The van der Waals surface area contributed by atoms with Crippen molar-refractivity contribution in [2.24, 2.45) is 0 Å². The Labute approximate surface area is 189 Å². The van der Waals surface area contributed by atoms with Crippen molar-refractivity contribution < 1.29 is 24.9 Å². The quantitative estimate of drug-likeness (QED) is 0.136. The molecule has 0 atom stereocenters. The number of hydrogen-bond donors (Lipinski definition) is 5. The fraction of sp³-hybridized carbons (Fsp3) is 0.833. The molecule has 7 nitrogen and oxygen atoms in total. The molecule has 0 saturated heterocycles. The largest absolute Gasteiger partial charge is 0.480 e. The number of hydrogen-bond acceptors (Lipinski definition) is 5. The summed E-state index contributed by atoms with van der Waals surface area (Å²) in [4.78, 5) is 21.6. The maximum atomic E-state index is 11.3. The third-order valence-electron chi connectivity index (χ3n) is 4.68. The third-order valence-corrected chi connectivity index (χ3v) is 4.68. The summed E-state index contributed by atoms with van der Waals surface area (Å²) in [7, 11) is 0. The van der Waals surface area contributed by atoms with Gasteiger partial charge in [0.2, 0.25) is 5.91 Å². The number of unbranched alkanes of at least 4 members (excludes halogenated alkanes) is 11. The van der Waals surface area contributed by atoms with Gasteiger partial charge in [-0.05, 0) is 32.1 Å². The van der Waals surface area contributed by atoms with Crippen LogP contribution in [0.15, 0.2) is 12.2 Å². The van der Waals surface area contributed by atoms with E-state index < -0.39 is 5.97 Å². The third kappa shape index (κ3) is 33.4. The number of aliphatic hydroxyl groups excluding tert-OH is 2. The fourth-order valence-electron chi connectivity index (χ4n) is 2.90. The molecule has 184 valence electrons. The Morgan fingerprint density at radius 2 is 1.23 bits per heavy atom.